The molecule has 23 heavy (non-hydrogen) atoms. The second kappa shape index (κ2) is 6.22. The summed E-state index contributed by atoms with van der Waals surface area (Å²) in [4.78, 5) is 15.5. The van der Waals surface area contributed by atoms with Crippen molar-refractivity contribution in [3.8, 4) is 11.5 Å². The average molecular weight is 331 g/mol. The molecular formula is C17H15ClN2O3. The third-order valence-corrected chi connectivity index (χ3v) is 3.76. The van der Waals surface area contributed by atoms with Gasteiger partial charge in [0.25, 0.3) is 5.91 Å². The van der Waals surface area contributed by atoms with Gasteiger partial charge < -0.3 is 19.8 Å². The lowest BCUT2D eigenvalue weighted by Crippen LogP contribution is -2.11. The number of hydrogen-bond acceptors (Lipinski definition) is 3. The minimum atomic E-state index is -0.217. The van der Waals surface area contributed by atoms with Crippen molar-refractivity contribution in [2.45, 2.75) is 0 Å². The van der Waals surface area contributed by atoms with Gasteiger partial charge in [0, 0.05) is 33.9 Å². The first-order valence-electron chi connectivity index (χ1n) is 6.92. The fourth-order valence-electron chi connectivity index (χ4n) is 2.40. The van der Waals surface area contributed by atoms with Crippen LogP contribution in [0.4, 0.5) is 5.69 Å². The van der Waals surface area contributed by atoms with Gasteiger partial charge in [0.15, 0.2) is 11.5 Å². The Labute approximate surface area is 138 Å². The van der Waals surface area contributed by atoms with Crippen molar-refractivity contribution in [3.63, 3.8) is 0 Å². The molecule has 0 saturated carbocycles. The van der Waals surface area contributed by atoms with Gasteiger partial charge in [-0.1, -0.05) is 17.7 Å². The fraction of sp³-hybridized carbons (Fsp3) is 0.118. The van der Waals surface area contributed by atoms with E-state index in [1.165, 1.54) is 0 Å². The molecule has 5 nitrogen and oxygen atoms in total. The fourth-order valence-corrected chi connectivity index (χ4v) is 2.57. The van der Waals surface area contributed by atoms with E-state index in [2.05, 4.69) is 10.3 Å². The van der Waals surface area contributed by atoms with Gasteiger partial charge >= 0.3 is 0 Å². The molecule has 0 spiro atoms. The van der Waals surface area contributed by atoms with Crippen LogP contribution in [0, 0.1) is 0 Å². The van der Waals surface area contributed by atoms with Crippen LogP contribution < -0.4 is 14.8 Å². The van der Waals surface area contributed by atoms with Crippen molar-refractivity contribution in [3.05, 3.63) is 53.2 Å². The average Bonchev–Trinajstić information content (AvgIpc) is 2.97. The number of carbonyl (C=O) groups excluding carboxylic acids is 1. The summed E-state index contributed by atoms with van der Waals surface area (Å²) in [5, 5.41) is 4.28. The molecule has 2 N–H and O–H groups in total. The summed E-state index contributed by atoms with van der Waals surface area (Å²) in [6.45, 7) is 0. The topological polar surface area (TPSA) is 63.3 Å². The lowest BCUT2D eigenvalue weighted by molar-refractivity contribution is 0.102. The van der Waals surface area contributed by atoms with E-state index in [9.17, 15) is 4.79 Å². The van der Waals surface area contributed by atoms with Gasteiger partial charge in [-0.15, -0.1) is 0 Å². The smallest absolute Gasteiger partial charge is 0.257 e. The van der Waals surface area contributed by atoms with Gasteiger partial charge in [0.1, 0.15) is 0 Å². The molecule has 0 atom stereocenters. The number of halogens is 1. The maximum Gasteiger partial charge on any atom is 0.257 e. The summed E-state index contributed by atoms with van der Waals surface area (Å²) in [5.74, 6) is 0.939. The van der Waals surface area contributed by atoms with Crippen molar-refractivity contribution in [1.82, 2.24) is 4.98 Å². The van der Waals surface area contributed by atoms with Crippen LogP contribution in [0.3, 0.4) is 0 Å². The van der Waals surface area contributed by atoms with Crippen LogP contribution in [0.1, 0.15) is 10.4 Å². The number of benzene rings is 2. The maximum atomic E-state index is 12.5. The first-order valence-corrected chi connectivity index (χ1v) is 7.30. The summed E-state index contributed by atoms with van der Waals surface area (Å²) in [5.41, 5.74) is 1.98. The second-order valence-corrected chi connectivity index (χ2v) is 5.35. The van der Waals surface area contributed by atoms with Crippen LogP contribution in [0.25, 0.3) is 10.9 Å². The van der Waals surface area contributed by atoms with Crippen molar-refractivity contribution >= 4 is 34.1 Å². The van der Waals surface area contributed by atoms with Crippen LogP contribution in [0.5, 0.6) is 11.5 Å². The molecule has 118 valence electrons. The van der Waals surface area contributed by atoms with E-state index in [0.29, 0.717) is 27.8 Å². The first-order chi connectivity index (χ1) is 11.1. The van der Waals surface area contributed by atoms with E-state index in [0.717, 1.165) is 10.9 Å². The van der Waals surface area contributed by atoms with Gasteiger partial charge in [0.05, 0.1) is 19.8 Å². The Kier molecular flexibility index (Phi) is 4.12. The molecule has 3 aromatic rings. The number of ether oxygens (including phenoxy) is 2. The van der Waals surface area contributed by atoms with E-state index in [1.807, 2.05) is 6.07 Å². The number of nitrogens with one attached hydrogen (secondary N) is 2. The monoisotopic (exact) mass is 330 g/mol. The van der Waals surface area contributed by atoms with E-state index >= 15 is 0 Å². The number of hydrogen-bond donors (Lipinski definition) is 2. The predicted molar refractivity (Wildman–Crippen MR) is 90.8 cm³/mol. The van der Waals surface area contributed by atoms with Crippen molar-refractivity contribution in [2.24, 2.45) is 0 Å². The third kappa shape index (κ3) is 2.96. The van der Waals surface area contributed by atoms with Crippen LogP contribution in [0.2, 0.25) is 5.02 Å². The minimum absolute atomic E-state index is 0.217. The summed E-state index contributed by atoms with van der Waals surface area (Å²) >= 11 is 5.95. The maximum absolute atomic E-state index is 12.5. The quantitative estimate of drug-likeness (QED) is 0.757. The molecule has 0 radical (unpaired) electrons. The van der Waals surface area contributed by atoms with E-state index in [-0.39, 0.29) is 5.91 Å². The number of aromatic nitrogens is 1. The van der Waals surface area contributed by atoms with Gasteiger partial charge in [-0.05, 0) is 24.3 Å². The molecule has 0 aliphatic carbocycles. The number of amides is 1. The molecule has 0 aliphatic rings. The Morgan fingerprint density at radius 3 is 2.61 bits per heavy atom. The zero-order valence-corrected chi connectivity index (χ0v) is 13.4. The molecule has 0 fully saturated rings. The number of methoxy groups -OCH3 is 2. The van der Waals surface area contributed by atoms with Crippen LogP contribution in [0.15, 0.2) is 42.6 Å². The summed E-state index contributed by atoms with van der Waals surface area (Å²) < 4.78 is 10.4. The highest BCUT2D eigenvalue weighted by atomic mass is 35.5. The van der Waals surface area contributed by atoms with Gasteiger partial charge in [-0.25, -0.2) is 0 Å². The van der Waals surface area contributed by atoms with Crippen LogP contribution in [-0.4, -0.2) is 25.1 Å². The van der Waals surface area contributed by atoms with Gasteiger partial charge in [-0.3, -0.25) is 4.79 Å². The summed E-state index contributed by atoms with van der Waals surface area (Å²) in [7, 11) is 3.11. The minimum Gasteiger partial charge on any atom is -0.493 e. The summed E-state index contributed by atoms with van der Waals surface area (Å²) in [6, 6.07) is 10.6. The predicted octanol–water partition coefficient (Wildman–Crippen LogP) is 4.09. The third-order valence-electron chi connectivity index (χ3n) is 3.53. The highest BCUT2D eigenvalue weighted by molar-refractivity contribution is 6.31. The highest BCUT2D eigenvalue weighted by Gasteiger charge is 2.13. The Hall–Kier alpha value is -2.66. The Balaban J connectivity index is 1.89. The zero-order chi connectivity index (χ0) is 16.4. The molecule has 0 saturated heterocycles. The molecule has 6 heteroatoms. The molecule has 0 bridgehead atoms. The molecular weight excluding hydrogens is 316 g/mol. The lowest BCUT2D eigenvalue weighted by atomic mass is 10.1. The normalized spacial score (nSPS) is 10.6. The standard InChI is InChI=1S/C17H15ClN2O3/c1-22-15-6-4-11(8-16(15)23-2)20-17(21)13-9-19-14-7-10(18)3-5-12(13)14/h3-9,19H,1-2H3,(H,20,21). The van der Waals surface area contributed by atoms with Crippen molar-refractivity contribution in [1.29, 1.82) is 0 Å². The van der Waals surface area contributed by atoms with E-state index in [1.54, 1.807) is 50.7 Å². The number of H-pyrrole nitrogens is 1. The number of fused-ring (bicyclic) bond motifs is 1. The van der Waals surface area contributed by atoms with Crippen molar-refractivity contribution < 1.29 is 14.3 Å². The van der Waals surface area contributed by atoms with Crippen LogP contribution in [-0.2, 0) is 0 Å². The highest BCUT2D eigenvalue weighted by Crippen LogP contribution is 2.30. The molecule has 0 aliphatic heterocycles. The second-order valence-electron chi connectivity index (χ2n) is 4.92. The van der Waals surface area contributed by atoms with Gasteiger partial charge in [-0.2, -0.15) is 0 Å². The van der Waals surface area contributed by atoms with Crippen LogP contribution >= 0.6 is 11.6 Å². The molecule has 0 unspecified atom stereocenters. The Morgan fingerprint density at radius 2 is 1.87 bits per heavy atom. The Bertz CT molecular complexity index is 873. The first kappa shape index (κ1) is 15.2. The van der Waals surface area contributed by atoms with Gasteiger partial charge in [0.2, 0.25) is 0 Å². The lowest BCUT2D eigenvalue weighted by Gasteiger charge is -2.10. The molecule has 2 aromatic carbocycles. The van der Waals surface area contributed by atoms with E-state index in [4.69, 9.17) is 21.1 Å². The number of carbonyl (C=O) groups is 1. The molecule has 1 amide bonds. The van der Waals surface area contributed by atoms with Crippen molar-refractivity contribution in [2.75, 3.05) is 19.5 Å². The zero-order valence-electron chi connectivity index (χ0n) is 12.6. The van der Waals surface area contributed by atoms with E-state index < -0.39 is 0 Å². The largest absolute Gasteiger partial charge is 0.493 e. The molecule has 1 aromatic heterocycles. The number of rotatable bonds is 4. The SMILES string of the molecule is COc1ccc(NC(=O)c2c[nH]c3cc(Cl)ccc23)cc1OC. The molecule has 1 heterocycles. The Morgan fingerprint density at radius 1 is 1.09 bits per heavy atom. The molecule has 3 rings (SSSR count). The summed E-state index contributed by atoms with van der Waals surface area (Å²) in [6.07, 6.45) is 1.66. The number of aromatic amines is 1. The number of anilines is 1.